The highest BCUT2D eigenvalue weighted by atomic mass is 16.5. The topological polar surface area (TPSA) is 75.6 Å². The molecule has 0 bridgehead atoms. The molecule has 5 heteroatoms. The zero-order chi connectivity index (χ0) is 15.2. The largest absolute Gasteiger partial charge is 0.480 e. The molecule has 1 heterocycles. The van der Waals surface area contributed by atoms with Crippen molar-refractivity contribution in [2.24, 2.45) is 5.92 Å². The molecular formula is C16H21NO4. The standard InChI is InChI=1S/C16H21NO4/c1-11(12-6-3-2-4-7-12)15(18)17-14(16(19)20)13-8-5-9-21-10-13/h2-4,6-7,11,13-14H,5,8-10H2,1H3,(H,17,18)(H,19,20). The lowest BCUT2D eigenvalue weighted by atomic mass is 9.92. The Morgan fingerprint density at radius 1 is 1.33 bits per heavy atom. The van der Waals surface area contributed by atoms with Gasteiger partial charge < -0.3 is 15.2 Å². The average molecular weight is 291 g/mol. The summed E-state index contributed by atoms with van der Waals surface area (Å²) in [6.45, 7) is 2.83. The lowest BCUT2D eigenvalue weighted by Gasteiger charge is -2.29. The summed E-state index contributed by atoms with van der Waals surface area (Å²) in [5.74, 6) is -1.81. The molecule has 1 aliphatic heterocycles. The summed E-state index contributed by atoms with van der Waals surface area (Å²) in [4.78, 5) is 23.7. The molecule has 1 fully saturated rings. The molecule has 21 heavy (non-hydrogen) atoms. The van der Waals surface area contributed by atoms with E-state index in [4.69, 9.17) is 4.74 Å². The van der Waals surface area contributed by atoms with Crippen LogP contribution in [0.25, 0.3) is 0 Å². The molecule has 0 radical (unpaired) electrons. The van der Waals surface area contributed by atoms with Crippen LogP contribution < -0.4 is 5.32 Å². The Morgan fingerprint density at radius 3 is 2.62 bits per heavy atom. The first-order chi connectivity index (χ1) is 10.1. The number of benzene rings is 1. The fourth-order valence-corrected chi connectivity index (χ4v) is 2.58. The normalized spacial score (nSPS) is 21.3. The molecule has 2 rings (SSSR count). The predicted octanol–water partition coefficient (Wildman–Crippen LogP) is 1.79. The molecule has 1 aromatic carbocycles. The second kappa shape index (κ2) is 7.22. The number of amides is 1. The minimum absolute atomic E-state index is 0.164. The first-order valence-electron chi connectivity index (χ1n) is 7.25. The van der Waals surface area contributed by atoms with Crippen LogP contribution in [0.2, 0.25) is 0 Å². The second-order valence-corrected chi connectivity index (χ2v) is 5.43. The van der Waals surface area contributed by atoms with Crippen LogP contribution in [0.15, 0.2) is 30.3 Å². The van der Waals surface area contributed by atoms with E-state index in [-0.39, 0.29) is 17.7 Å². The van der Waals surface area contributed by atoms with Gasteiger partial charge in [0.15, 0.2) is 0 Å². The maximum atomic E-state index is 12.3. The molecule has 0 saturated carbocycles. The van der Waals surface area contributed by atoms with Crippen molar-refractivity contribution in [2.75, 3.05) is 13.2 Å². The van der Waals surface area contributed by atoms with E-state index in [0.717, 1.165) is 18.4 Å². The number of aliphatic carboxylic acids is 1. The van der Waals surface area contributed by atoms with Crippen LogP contribution in [0.1, 0.15) is 31.2 Å². The molecule has 5 nitrogen and oxygen atoms in total. The zero-order valence-electron chi connectivity index (χ0n) is 12.1. The third kappa shape index (κ3) is 4.04. The van der Waals surface area contributed by atoms with Crippen molar-refractivity contribution in [3.63, 3.8) is 0 Å². The maximum absolute atomic E-state index is 12.3. The van der Waals surface area contributed by atoms with Crippen LogP contribution in [-0.4, -0.2) is 36.2 Å². The molecular weight excluding hydrogens is 270 g/mol. The van der Waals surface area contributed by atoms with Gasteiger partial charge in [-0.1, -0.05) is 30.3 Å². The van der Waals surface area contributed by atoms with Crippen LogP contribution in [0.3, 0.4) is 0 Å². The molecule has 2 N–H and O–H groups in total. The number of carbonyl (C=O) groups excluding carboxylic acids is 1. The summed E-state index contributed by atoms with van der Waals surface area (Å²) in [5, 5.41) is 12.0. The van der Waals surface area contributed by atoms with Gasteiger partial charge in [0.25, 0.3) is 0 Å². The number of carboxylic acids is 1. The Hall–Kier alpha value is -1.88. The Morgan fingerprint density at radius 2 is 2.05 bits per heavy atom. The van der Waals surface area contributed by atoms with Crippen molar-refractivity contribution in [1.29, 1.82) is 0 Å². The number of hydrogen-bond acceptors (Lipinski definition) is 3. The highest BCUT2D eigenvalue weighted by molar-refractivity contribution is 5.88. The molecule has 1 aromatic rings. The van der Waals surface area contributed by atoms with Crippen molar-refractivity contribution in [3.05, 3.63) is 35.9 Å². The average Bonchev–Trinajstić information content (AvgIpc) is 2.53. The van der Waals surface area contributed by atoms with Gasteiger partial charge in [0, 0.05) is 12.5 Å². The van der Waals surface area contributed by atoms with E-state index in [0.29, 0.717) is 13.2 Å². The van der Waals surface area contributed by atoms with Gasteiger partial charge in [-0.3, -0.25) is 4.79 Å². The van der Waals surface area contributed by atoms with Crippen molar-refractivity contribution in [3.8, 4) is 0 Å². The molecule has 1 aliphatic rings. The quantitative estimate of drug-likeness (QED) is 0.867. The van der Waals surface area contributed by atoms with Gasteiger partial charge in [0.1, 0.15) is 6.04 Å². The van der Waals surface area contributed by atoms with E-state index < -0.39 is 12.0 Å². The lowest BCUT2D eigenvalue weighted by molar-refractivity contribution is -0.145. The SMILES string of the molecule is CC(C(=O)NC(C(=O)O)C1CCCOC1)c1ccccc1. The summed E-state index contributed by atoms with van der Waals surface area (Å²) < 4.78 is 5.33. The van der Waals surface area contributed by atoms with Gasteiger partial charge in [0.2, 0.25) is 5.91 Å². The molecule has 1 amide bonds. The Bertz CT molecular complexity index is 482. The van der Waals surface area contributed by atoms with E-state index in [2.05, 4.69) is 5.32 Å². The minimum Gasteiger partial charge on any atom is -0.480 e. The van der Waals surface area contributed by atoms with Crippen LogP contribution in [0.4, 0.5) is 0 Å². The second-order valence-electron chi connectivity index (χ2n) is 5.43. The zero-order valence-corrected chi connectivity index (χ0v) is 12.1. The number of ether oxygens (including phenoxy) is 1. The van der Waals surface area contributed by atoms with Gasteiger partial charge in [-0.25, -0.2) is 4.79 Å². The Kier molecular flexibility index (Phi) is 5.33. The number of rotatable bonds is 5. The Labute approximate surface area is 124 Å². The Balaban J connectivity index is 2.02. The minimum atomic E-state index is -1.00. The van der Waals surface area contributed by atoms with Gasteiger partial charge >= 0.3 is 5.97 Å². The number of nitrogens with one attached hydrogen (secondary N) is 1. The molecule has 114 valence electrons. The lowest BCUT2D eigenvalue weighted by Crippen LogP contribution is -2.49. The molecule has 3 unspecified atom stereocenters. The van der Waals surface area contributed by atoms with E-state index in [9.17, 15) is 14.7 Å². The third-order valence-electron chi connectivity index (χ3n) is 3.92. The number of carboxylic acid groups (broad SMARTS) is 1. The van der Waals surface area contributed by atoms with Crippen LogP contribution >= 0.6 is 0 Å². The fraction of sp³-hybridized carbons (Fsp3) is 0.500. The van der Waals surface area contributed by atoms with Gasteiger partial charge in [-0.05, 0) is 25.3 Å². The van der Waals surface area contributed by atoms with Gasteiger partial charge in [-0.15, -0.1) is 0 Å². The molecule has 1 saturated heterocycles. The third-order valence-corrected chi connectivity index (χ3v) is 3.92. The highest BCUT2D eigenvalue weighted by Gasteiger charge is 2.32. The van der Waals surface area contributed by atoms with Gasteiger partial charge in [0.05, 0.1) is 12.5 Å². The smallest absolute Gasteiger partial charge is 0.326 e. The van der Waals surface area contributed by atoms with E-state index in [1.54, 1.807) is 6.92 Å². The van der Waals surface area contributed by atoms with Crippen LogP contribution in [0.5, 0.6) is 0 Å². The van der Waals surface area contributed by atoms with E-state index in [1.165, 1.54) is 0 Å². The van der Waals surface area contributed by atoms with Crippen molar-refractivity contribution >= 4 is 11.9 Å². The van der Waals surface area contributed by atoms with Crippen LogP contribution in [-0.2, 0) is 14.3 Å². The number of hydrogen-bond donors (Lipinski definition) is 2. The predicted molar refractivity (Wildman–Crippen MR) is 78.0 cm³/mol. The van der Waals surface area contributed by atoms with Crippen LogP contribution in [0, 0.1) is 5.92 Å². The summed E-state index contributed by atoms with van der Waals surface area (Å²) in [5.41, 5.74) is 0.874. The number of carbonyl (C=O) groups is 2. The van der Waals surface area contributed by atoms with Crippen molar-refractivity contribution < 1.29 is 19.4 Å². The monoisotopic (exact) mass is 291 g/mol. The summed E-state index contributed by atoms with van der Waals surface area (Å²) in [7, 11) is 0. The summed E-state index contributed by atoms with van der Waals surface area (Å²) in [6, 6.07) is 8.45. The summed E-state index contributed by atoms with van der Waals surface area (Å²) in [6.07, 6.45) is 1.59. The first-order valence-corrected chi connectivity index (χ1v) is 7.25. The van der Waals surface area contributed by atoms with E-state index >= 15 is 0 Å². The molecule has 3 atom stereocenters. The first kappa shape index (κ1) is 15.5. The highest BCUT2D eigenvalue weighted by Crippen LogP contribution is 2.20. The molecule has 0 aromatic heterocycles. The fourth-order valence-electron chi connectivity index (χ4n) is 2.58. The molecule has 0 spiro atoms. The van der Waals surface area contributed by atoms with Crippen molar-refractivity contribution in [2.45, 2.75) is 31.7 Å². The van der Waals surface area contributed by atoms with E-state index in [1.807, 2.05) is 30.3 Å². The van der Waals surface area contributed by atoms with Crippen molar-refractivity contribution in [1.82, 2.24) is 5.32 Å². The summed E-state index contributed by atoms with van der Waals surface area (Å²) >= 11 is 0. The maximum Gasteiger partial charge on any atom is 0.326 e. The molecule has 0 aliphatic carbocycles. The van der Waals surface area contributed by atoms with Gasteiger partial charge in [-0.2, -0.15) is 0 Å².